The highest BCUT2D eigenvalue weighted by molar-refractivity contribution is 7.08. The number of hydrogen-bond donors (Lipinski definition) is 1. The van der Waals surface area contributed by atoms with Crippen LogP contribution in [0.2, 0.25) is 0 Å². The van der Waals surface area contributed by atoms with Crippen LogP contribution in [0.3, 0.4) is 0 Å². The molecule has 1 aromatic heterocycles. The van der Waals surface area contributed by atoms with Crippen LogP contribution >= 0.6 is 23.7 Å². The first-order valence-electron chi connectivity index (χ1n) is 4.79. The molecule has 1 N–H and O–H groups in total. The minimum atomic E-state index is 0. The molecule has 0 saturated carbocycles. The highest BCUT2D eigenvalue weighted by Gasteiger charge is 2.23. The Balaban J connectivity index is 0.00000112. The lowest BCUT2D eigenvalue weighted by molar-refractivity contribution is 0.0744. The average molecular weight is 247 g/mol. The van der Waals surface area contributed by atoms with Crippen molar-refractivity contribution < 1.29 is 4.79 Å². The molecule has 1 atom stereocenters. The van der Waals surface area contributed by atoms with E-state index in [1.54, 1.807) is 11.3 Å². The second kappa shape index (κ2) is 5.49. The van der Waals surface area contributed by atoms with Crippen LogP contribution in [-0.2, 0) is 0 Å². The molecule has 84 valence electrons. The molecule has 3 nitrogen and oxygen atoms in total. The molecule has 5 heteroatoms. The van der Waals surface area contributed by atoms with Crippen molar-refractivity contribution in [2.45, 2.75) is 12.5 Å². The molecule has 1 aliphatic heterocycles. The topological polar surface area (TPSA) is 32.3 Å². The Kier molecular flexibility index (Phi) is 4.57. The van der Waals surface area contributed by atoms with Gasteiger partial charge < -0.3 is 10.2 Å². The lowest BCUT2D eigenvalue weighted by Gasteiger charge is -2.23. The number of carbonyl (C=O) groups is 1. The van der Waals surface area contributed by atoms with Gasteiger partial charge >= 0.3 is 0 Å². The molecule has 0 bridgehead atoms. The Morgan fingerprint density at radius 3 is 3.00 bits per heavy atom. The van der Waals surface area contributed by atoms with Crippen molar-refractivity contribution in [1.82, 2.24) is 10.2 Å². The average Bonchev–Trinajstić information content (AvgIpc) is 2.87. The number of thiophene rings is 1. The number of halogens is 1. The van der Waals surface area contributed by atoms with Gasteiger partial charge in [-0.1, -0.05) is 0 Å². The predicted octanol–water partition coefficient (Wildman–Crippen LogP) is 1.60. The Morgan fingerprint density at radius 1 is 1.67 bits per heavy atom. The summed E-state index contributed by atoms with van der Waals surface area (Å²) in [5.74, 6) is 0.139. The normalized spacial score (nSPS) is 19.7. The quantitative estimate of drug-likeness (QED) is 0.860. The zero-order chi connectivity index (χ0) is 9.97. The summed E-state index contributed by atoms with van der Waals surface area (Å²) in [6.07, 6.45) is 1.06. The van der Waals surface area contributed by atoms with Crippen molar-refractivity contribution >= 4 is 29.7 Å². The van der Waals surface area contributed by atoms with Gasteiger partial charge in [-0.2, -0.15) is 11.3 Å². The van der Waals surface area contributed by atoms with E-state index in [-0.39, 0.29) is 18.3 Å². The summed E-state index contributed by atoms with van der Waals surface area (Å²) in [6, 6.07) is 2.24. The zero-order valence-corrected chi connectivity index (χ0v) is 10.2. The van der Waals surface area contributed by atoms with Crippen molar-refractivity contribution in [3.05, 3.63) is 22.4 Å². The minimum absolute atomic E-state index is 0. The van der Waals surface area contributed by atoms with Crippen LogP contribution in [0.5, 0.6) is 0 Å². The SMILES string of the molecule is CN(C(=O)c1ccsc1)[C@H]1CCNC1.Cl. The molecular weight excluding hydrogens is 232 g/mol. The zero-order valence-electron chi connectivity index (χ0n) is 8.60. The second-order valence-electron chi connectivity index (χ2n) is 3.57. The fourth-order valence-electron chi connectivity index (χ4n) is 1.73. The molecule has 0 aliphatic carbocycles. The molecule has 1 fully saturated rings. The van der Waals surface area contributed by atoms with Crippen molar-refractivity contribution in [3.8, 4) is 0 Å². The van der Waals surface area contributed by atoms with Crippen LogP contribution in [0.1, 0.15) is 16.8 Å². The maximum absolute atomic E-state index is 11.9. The number of nitrogens with zero attached hydrogens (tertiary/aromatic N) is 1. The van der Waals surface area contributed by atoms with Crippen LogP contribution in [0.4, 0.5) is 0 Å². The summed E-state index contributed by atoms with van der Waals surface area (Å²) in [4.78, 5) is 13.7. The molecule has 2 rings (SSSR count). The molecule has 1 aromatic rings. The predicted molar refractivity (Wildman–Crippen MR) is 64.9 cm³/mol. The van der Waals surface area contributed by atoms with Crippen LogP contribution < -0.4 is 5.32 Å². The van der Waals surface area contributed by atoms with E-state index in [4.69, 9.17) is 0 Å². The van der Waals surface area contributed by atoms with Gasteiger partial charge in [-0.05, 0) is 24.4 Å². The number of nitrogens with one attached hydrogen (secondary N) is 1. The first kappa shape index (κ1) is 12.5. The fraction of sp³-hybridized carbons (Fsp3) is 0.500. The molecular formula is C10H15ClN2OS. The van der Waals surface area contributed by atoms with Gasteiger partial charge in [0.25, 0.3) is 5.91 Å². The fourth-order valence-corrected chi connectivity index (χ4v) is 2.36. The standard InChI is InChI=1S/C10H14N2OS.ClH/c1-12(9-2-4-11-6-9)10(13)8-3-5-14-7-8;/h3,5,7,9,11H,2,4,6H2,1H3;1H/t9-;/m0./s1. The number of hydrogen-bond acceptors (Lipinski definition) is 3. The first-order chi connectivity index (χ1) is 6.79. The molecule has 2 heterocycles. The third kappa shape index (κ3) is 2.71. The first-order valence-corrected chi connectivity index (χ1v) is 5.73. The van der Waals surface area contributed by atoms with Crippen LogP contribution in [-0.4, -0.2) is 37.0 Å². The van der Waals surface area contributed by atoms with Gasteiger partial charge in [0, 0.05) is 25.0 Å². The second-order valence-corrected chi connectivity index (χ2v) is 4.35. The van der Waals surface area contributed by atoms with E-state index in [9.17, 15) is 4.79 Å². The lowest BCUT2D eigenvalue weighted by Crippen LogP contribution is -2.38. The van der Waals surface area contributed by atoms with E-state index in [1.807, 2.05) is 28.8 Å². The van der Waals surface area contributed by atoms with E-state index >= 15 is 0 Å². The van der Waals surface area contributed by atoms with Crippen LogP contribution in [0, 0.1) is 0 Å². The third-order valence-corrected chi connectivity index (χ3v) is 3.35. The Morgan fingerprint density at radius 2 is 2.47 bits per heavy atom. The maximum atomic E-state index is 11.9. The minimum Gasteiger partial charge on any atom is -0.337 e. The summed E-state index contributed by atoms with van der Waals surface area (Å²) in [5.41, 5.74) is 0.810. The van der Waals surface area contributed by atoms with Crippen LogP contribution in [0.15, 0.2) is 16.8 Å². The van der Waals surface area contributed by atoms with Crippen molar-refractivity contribution in [3.63, 3.8) is 0 Å². The van der Waals surface area contributed by atoms with E-state index in [1.165, 1.54) is 0 Å². The third-order valence-electron chi connectivity index (χ3n) is 2.67. The summed E-state index contributed by atoms with van der Waals surface area (Å²) < 4.78 is 0. The van der Waals surface area contributed by atoms with Gasteiger partial charge in [-0.15, -0.1) is 12.4 Å². The molecule has 1 amide bonds. The number of carbonyl (C=O) groups excluding carboxylic acids is 1. The Bertz CT molecular complexity index is 309. The molecule has 15 heavy (non-hydrogen) atoms. The maximum Gasteiger partial charge on any atom is 0.254 e. The van der Waals surface area contributed by atoms with Gasteiger partial charge in [-0.3, -0.25) is 4.79 Å². The monoisotopic (exact) mass is 246 g/mol. The number of likely N-dealkylation sites (N-methyl/N-ethyl adjacent to an activating group) is 1. The molecule has 0 radical (unpaired) electrons. The van der Waals surface area contributed by atoms with E-state index in [0.717, 1.165) is 25.1 Å². The Hall–Kier alpha value is -0.580. The Labute approximate surface area is 99.9 Å². The summed E-state index contributed by atoms with van der Waals surface area (Å²) in [7, 11) is 1.89. The summed E-state index contributed by atoms with van der Waals surface area (Å²) >= 11 is 1.56. The van der Waals surface area contributed by atoms with E-state index < -0.39 is 0 Å². The smallest absolute Gasteiger partial charge is 0.254 e. The molecule has 0 spiro atoms. The van der Waals surface area contributed by atoms with Crippen molar-refractivity contribution in [2.75, 3.05) is 20.1 Å². The molecule has 0 unspecified atom stereocenters. The molecule has 1 aliphatic rings. The molecule has 1 saturated heterocycles. The number of rotatable bonds is 2. The summed E-state index contributed by atoms with van der Waals surface area (Å²) in [5, 5.41) is 7.10. The van der Waals surface area contributed by atoms with Gasteiger partial charge in [0.05, 0.1) is 5.56 Å². The van der Waals surface area contributed by atoms with E-state index in [0.29, 0.717) is 6.04 Å². The van der Waals surface area contributed by atoms with Gasteiger partial charge in [-0.25, -0.2) is 0 Å². The highest BCUT2D eigenvalue weighted by Crippen LogP contribution is 2.13. The van der Waals surface area contributed by atoms with Crippen molar-refractivity contribution in [1.29, 1.82) is 0 Å². The highest BCUT2D eigenvalue weighted by atomic mass is 35.5. The van der Waals surface area contributed by atoms with Crippen molar-refractivity contribution in [2.24, 2.45) is 0 Å². The summed E-state index contributed by atoms with van der Waals surface area (Å²) in [6.45, 7) is 1.94. The van der Waals surface area contributed by atoms with Gasteiger partial charge in [0.1, 0.15) is 0 Å². The van der Waals surface area contributed by atoms with Gasteiger partial charge in [0.2, 0.25) is 0 Å². The van der Waals surface area contributed by atoms with Crippen LogP contribution in [0.25, 0.3) is 0 Å². The molecule has 0 aromatic carbocycles. The van der Waals surface area contributed by atoms with E-state index in [2.05, 4.69) is 5.32 Å². The largest absolute Gasteiger partial charge is 0.337 e. The lowest BCUT2D eigenvalue weighted by atomic mass is 10.2. The van der Waals surface area contributed by atoms with Gasteiger partial charge in [0.15, 0.2) is 0 Å². The number of amides is 1.